The number of piperidine rings is 1. The number of aryl methyl sites for hydroxylation is 1. The van der Waals surface area contributed by atoms with Crippen LogP contribution in [0, 0.1) is 12.8 Å². The predicted molar refractivity (Wildman–Crippen MR) is 130 cm³/mol. The summed E-state index contributed by atoms with van der Waals surface area (Å²) < 4.78 is 11.5. The van der Waals surface area contributed by atoms with Crippen molar-refractivity contribution < 1.29 is 14.1 Å². The van der Waals surface area contributed by atoms with E-state index >= 15 is 0 Å². The van der Waals surface area contributed by atoms with Crippen LogP contribution in [0.5, 0.6) is 5.75 Å². The fraction of sp³-hybridized carbons (Fsp3) is 0.444. The molecule has 5 rings (SSSR count). The van der Waals surface area contributed by atoms with Crippen LogP contribution in [0.2, 0.25) is 0 Å². The number of carbonyl (C=O) groups excluding carboxylic acids is 1. The van der Waals surface area contributed by atoms with Crippen LogP contribution in [0.25, 0.3) is 11.4 Å². The first kappa shape index (κ1) is 22.6. The lowest BCUT2D eigenvalue weighted by Gasteiger charge is -2.30. The average Bonchev–Trinajstić information content (AvgIpc) is 3.53. The number of hydrogen-bond acceptors (Lipinski definition) is 6. The van der Waals surface area contributed by atoms with Crippen molar-refractivity contribution in [2.45, 2.75) is 58.1 Å². The summed E-state index contributed by atoms with van der Waals surface area (Å²) in [6.07, 6.45) is 6.94. The average molecular weight is 461 g/mol. The van der Waals surface area contributed by atoms with Crippen molar-refractivity contribution in [1.29, 1.82) is 0 Å². The van der Waals surface area contributed by atoms with Crippen molar-refractivity contribution in [3.63, 3.8) is 0 Å². The van der Waals surface area contributed by atoms with Crippen LogP contribution < -0.4 is 10.1 Å². The standard InChI is InChI=1S/C27H32N4O3/c1-19-6-4-7-20(16-19)26-29-25(34-30-26)18-31-15-5-8-21(17-31)27(32)28-22-11-13-24(14-12-22)33-23-9-2-3-10-23/h4,6-7,11-14,16,21,23H,2-3,5,8-10,15,17-18H2,1H3,(H,28,32). The first-order valence-corrected chi connectivity index (χ1v) is 12.3. The van der Waals surface area contributed by atoms with Gasteiger partial charge < -0.3 is 14.6 Å². The second-order valence-corrected chi connectivity index (χ2v) is 9.49. The number of nitrogens with zero attached hydrogens (tertiary/aromatic N) is 3. The lowest BCUT2D eigenvalue weighted by Crippen LogP contribution is -2.40. The van der Waals surface area contributed by atoms with Crippen molar-refractivity contribution in [3.8, 4) is 17.1 Å². The first-order chi connectivity index (χ1) is 16.6. The maximum Gasteiger partial charge on any atom is 0.241 e. The minimum Gasteiger partial charge on any atom is -0.490 e. The number of nitrogens with one attached hydrogen (secondary N) is 1. The van der Waals surface area contributed by atoms with Crippen molar-refractivity contribution in [1.82, 2.24) is 15.0 Å². The van der Waals surface area contributed by atoms with E-state index in [1.54, 1.807) is 0 Å². The molecule has 1 saturated heterocycles. The van der Waals surface area contributed by atoms with Gasteiger partial charge in [-0.3, -0.25) is 9.69 Å². The SMILES string of the molecule is Cc1cccc(-c2noc(CN3CCCC(C(=O)Nc4ccc(OC5CCCC5)cc4)C3)n2)c1. The molecule has 2 heterocycles. The van der Waals surface area contributed by atoms with Crippen molar-refractivity contribution in [2.75, 3.05) is 18.4 Å². The number of likely N-dealkylation sites (tertiary alicyclic amines) is 1. The highest BCUT2D eigenvalue weighted by Crippen LogP contribution is 2.26. The topological polar surface area (TPSA) is 80.5 Å². The summed E-state index contributed by atoms with van der Waals surface area (Å²) in [5, 5.41) is 7.22. The monoisotopic (exact) mass is 460 g/mol. The molecule has 2 fully saturated rings. The van der Waals surface area contributed by atoms with E-state index in [4.69, 9.17) is 9.26 Å². The minimum absolute atomic E-state index is 0.0557. The molecule has 2 aliphatic rings. The molecule has 1 amide bonds. The Kier molecular flexibility index (Phi) is 6.90. The highest BCUT2D eigenvalue weighted by atomic mass is 16.5. The second-order valence-electron chi connectivity index (χ2n) is 9.49. The van der Waals surface area contributed by atoms with Crippen LogP contribution in [-0.2, 0) is 11.3 Å². The first-order valence-electron chi connectivity index (χ1n) is 12.3. The number of anilines is 1. The molecule has 34 heavy (non-hydrogen) atoms. The maximum atomic E-state index is 12.9. The van der Waals surface area contributed by atoms with E-state index in [1.165, 1.54) is 12.8 Å². The number of rotatable bonds is 7. The van der Waals surface area contributed by atoms with E-state index in [2.05, 4.69) is 20.4 Å². The number of carbonyl (C=O) groups is 1. The quantitative estimate of drug-likeness (QED) is 0.521. The van der Waals surface area contributed by atoms with Crippen LogP contribution >= 0.6 is 0 Å². The summed E-state index contributed by atoms with van der Waals surface area (Å²) in [6, 6.07) is 15.8. The summed E-state index contributed by atoms with van der Waals surface area (Å²) in [4.78, 5) is 19.7. The van der Waals surface area contributed by atoms with Crippen molar-refractivity contribution in [3.05, 3.63) is 60.0 Å². The van der Waals surface area contributed by atoms with Gasteiger partial charge in [-0.1, -0.05) is 28.9 Å². The summed E-state index contributed by atoms with van der Waals surface area (Å²) in [6.45, 7) is 4.19. The molecule has 178 valence electrons. The Morgan fingerprint density at radius 1 is 1.12 bits per heavy atom. The number of benzene rings is 2. The zero-order chi connectivity index (χ0) is 23.3. The Labute approximate surface area is 200 Å². The Hall–Kier alpha value is -3.19. The largest absolute Gasteiger partial charge is 0.490 e. The number of ether oxygens (including phenoxy) is 1. The van der Waals surface area contributed by atoms with E-state index < -0.39 is 0 Å². The van der Waals surface area contributed by atoms with Crippen LogP contribution in [0.3, 0.4) is 0 Å². The molecule has 1 aliphatic carbocycles. The molecule has 0 spiro atoms. The van der Waals surface area contributed by atoms with E-state index in [9.17, 15) is 4.79 Å². The third-order valence-electron chi connectivity index (χ3n) is 6.71. The highest BCUT2D eigenvalue weighted by molar-refractivity contribution is 5.92. The van der Waals surface area contributed by atoms with Gasteiger partial charge in [-0.25, -0.2) is 0 Å². The molecule has 1 aromatic heterocycles. The molecule has 1 saturated carbocycles. The fourth-order valence-electron chi connectivity index (χ4n) is 4.88. The smallest absolute Gasteiger partial charge is 0.241 e. The lowest BCUT2D eigenvalue weighted by atomic mass is 9.97. The molecule has 1 atom stereocenters. The number of amides is 1. The molecule has 3 aromatic rings. The van der Waals surface area contributed by atoms with Gasteiger partial charge in [-0.05, 0) is 82.3 Å². The predicted octanol–water partition coefficient (Wildman–Crippen LogP) is 5.22. The molecule has 1 aliphatic heterocycles. The molecule has 2 aromatic carbocycles. The van der Waals surface area contributed by atoms with Crippen LogP contribution in [-0.4, -0.2) is 40.1 Å². The second kappa shape index (κ2) is 10.4. The molecule has 0 radical (unpaired) electrons. The van der Waals surface area contributed by atoms with Gasteiger partial charge in [0.25, 0.3) is 0 Å². The Morgan fingerprint density at radius 2 is 1.94 bits per heavy atom. The fourth-order valence-corrected chi connectivity index (χ4v) is 4.88. The van der Waals surface area contributed by atoms with E-state index in [-0.39, 0.29) is 11.8 Å². The number of aromatic nitrogens is 2. The van der Waals surface area contributed by atoms with E-state index in [0.29, 0.717) is 30.9 Å². The van der Waals surface area contributed by atoms with Gasteiger partial charge in [-0.15, -0.1) is 0 Å². The van der Waals surface area contributed by atoms with Crippen LogP contribution in [0.15, 0.2) is 53.1 Å². The third-order valence-corrected chi connectivity index (χ3v) is 6.71. The maximum absolute atomic E-state index is 12.9. The summed E-state index contributed by atoms with van der Waals surface area (Å²) in [5.74, 6) is 2.04. The van der Waals surface area contributed by atoms with Gasteiger partial charge in [0.2, 0.25) is 17.6 Å². The molecular weight excluding hydrogens is 428 g/mol. The molecule has 7 nitrogen and oxygen atoms in total. The number of hydrogen-bond donors (Lipinski definition) is 1. The lowest BCUT2D eigenvalue weighted by molar-refractivity contribution is -0.121. The minimum atomic E-state index is -0.0673. The van der Waals surface area contributed by atoms with Gasteiger partial charge >= 0.3 is 0 Å². The molecule has 0 bridgehead atoms. The van der Waals surface area contributed by atoms with Crippen molar-refractivity contribution >= 4 is 11.6 Å². The van der Waals surface area contributed by atoms with Crippen LogP contribution in [0.1, 0.15) is 50.0 Å². The van der Waals surface area contributed by atoms with Crippen LogP contribution in [0.4, 0.5) is 5.69 Å². The van der Waals surface area contributed by atoms with Gasteiger partial charge in [0, 0.05) is 17.8 Å². The van der Waals surface area contributed by atoms with Crippen molar-refractivity contribution in [2.24, 2.45) is 5.92 Å². The molecule has 1 unspecified atom stereocenters. The Bertz CT molecular complexity index is 1110. The zero-order valence-electron chi connectivity index (χ0n) is 19.7. The zero-order valence-corrected chi connectivity index (χ0v) is 19.7. The highest BCUT2D eigenvalue weighted by Gasteiger charge is 2.27. The van der Waals surface area contributed by atoms with E-state index in [0.717, 1.165) is 54.8 Å². The molecule has 7 heteroatoms. The normalized spacial score (nSPS) is 19.3. The third kappa shape index (κ3) is 5.65. The van der Waals surface area contributed by atoms with Gasteiger partial charge in [0.1, 0.15) is 5.75 Å². The summed E-state index contributed by atoms with van der Waals surface area (Å²) in [7, 11) is 0. The van der Waals surface area contributed by atoms with Gasteiger partial charge in [0.15, 0.2) is 0 Å². The van der Waals surface area contributed by atoms with E-state index in [1.807, 2.05) is 55.5 Å². The van der Waals surface area contributed by atoms with Gasteiger partial charge in [0.05, 0.1) is 18.6 Å². The molecular formula is C27H32N4O3. The van der Waals surface area contributed by atoms with Gasteiger partial charge in [-0.2, -0.15) is 4.98 Å². The summed E-state index contributed by atoms with van der Waals surface area (Å²) in [5.41, 5.74) is 2.91. The summed E-state index contributed by atoms with van der Waals surface area (Å²) >= 11 is 0. The molecule has 1 N–H and O–H groups in total. The Balaban J connectivity index is 1.14. The Morgan fingerprint density at radius 3 is 2.74 bits per heavy atom.